The number of nitrogens with zero attached hydrogens (tertiary/aromatic N) is 1. The van der Waals surface area contributed by atoms with E-state index >= 15 is 0 Å². The Kier molecular flexibility index (Phi) is 3.59. The van der Waals surface area contributed by atoms with Crippen LogP contribution in [-0.4, -0.2) is 10.6 Å². The summed E-state index contributed by atoms with van der Waals surface area (Å²) in [7, 11) is 0. The molecule has 108 valence electrons. The van der Waals surface area contributed by atoms with Crippen molar-refractivity contribution in [1.82, 2.24) is 9.88 Å². The lowest BCUT2D eigenvalue weighted by atomic mass is 9.92. The van der Waals surface area contributed by atoms with Crippen molar-refractivity contribution in [2.45, 2.75) is 59.2 Å². The van der Waals surface area contributed by atoms with Crippen LogP contribution in [0.2, 0.25) is 0 Å². The van der Waals surface area contributed by atoms with Crippen LogP contribution in [0.1, 0.15) is 45.6 Å². The SMILES string of the molecule is CC(C)(C)CCn1ccc2cc(CNC3CC3)ccc21. The molecule has 2 aromatic rings. The monoisotopic (exact) mass is 270 g/mol. The van der Waals surface area contributed by atoms with Crippen molar-refractivity contribution in [2.24, 2.45) is 5.41 Å². The molecule has 0 bridgehead atoms. The van der Waals surface area contributed by atoms with Crippen LogP contribution in [-0.2, 0) is 13.1 Å². The third-order valence-corrected chi connectivity index (χ3v) is 4.11. The molecule has 2 heteroatoms. The third-order valence-electron chi connectivity index (χ3n) is 4.11. The van der Waals surface area contributed by atoms with E-state index in [9.17, 15) is 0 Å². The zero-order chi connectivity index (χ0) is 14.2. The van der Waals surface area contributed by atoms with E-state index in [1.165, 1.54) is 35.7 Å². The van der Waals surface area contributed by atoms with Gasteiger partial charge in [0.15, 0.2) is 0 Å². The lowest BCUT2D eigenvalue weighted by Gasteiger charge is -2.18. The van der Waals surface area contributed by atoms with Gasteiger partial charge >= 0.3 is 0 Å². The van der Waals surface area contributed by atoms with Crippen molar-refractivity contribution in [3.63, 3.8) is 0 Å². The number of aryl methyl sites for hydroxylation is 1. The fourth-order valence-corrected chi connectivity index (χ4v) is 2.56. The summed E-state index contributed by atoms with van der Waals surface area (Å²) in [5.41, 5.74) is 3.16. The molecule has 1 aromatic carbocycles. The number of rotatable bonds is 5. The highest BCUT2D eigenvalue weighted by Gasteiger charge is 2.20. The first kappa shape index (κ1) is 13.7. The minimum atomic E-state index is 0.394. The molecule has 0 spiro atoms. The van der Waals surface area contributed by atoms with Gasteiger partial charge in [-0.05, 0) is 53.8 Å². The van der Waals surface area contributed by atoms with Gasteiger partial charge in [-0.15, -0.1) is 0 Å². The van der Waals surface area contributed by atoms with E-state index in [1.807, 2.05) is 0 Å². The summed E-state index contributed by atoms with van der Waals surface area (Å²) in [6.45, 7) is 9.03. The maximum absolute atomic E-state index is 3.58. The van der Waals surface area contributed by atoms with Crippen molar-refractivity contribution in [3.8, 4) is 0 Å². The molecule has 1 saturated carbocycles. The maximum atomic E-state index is 3.58. The van der Waals surface area contributed by atoms with E-state index in [1.54, 1.807) is 0 Å². The zero-order valence-electron chi connectivity index (χ0n) is 12.9. The van der Waals surface area contributed by atoms with Gasteiger partial charge in [0.25, 0.3) is 0 Å². The van der Waals surface area contributed by atoms with E-state index < -0.39 is 0 Å². The van der Waals surface area contributed by atoms with Gasteiger partial charge in [-0.25, -0.2) is 0 Å². The molecule has 3 rings (SSSR count). The first-order chi connectivity index (χ1) is 9.51. The lowest BCUT2D eigenvalue weighted by molar-refractivity contribution is 0.353. The highest BCUT2D eigenvalue weighted by atomic mass is 15.0. The standard InChI is InChI=1S/C18H26N2/c1-18(2,3)9-11-20-10-8-15-12-14(4-7-17(15)20)13-19-16-5-6-16/h4,7-8,10,12,16,19H,5-6,9,11,13H2,1-3H3. The van der Waals surface area contributed by atoms with Crippen LogP contribution in [0.15, 0.2) is 30.5 Å². The maximum Gasteiger partial charge on any atom is 0.0480 e. The predicted octanol–water partition coefficient (Wildman–Crippen LogP) is 4.33. The van der Waals surface area contributed by atoms with Gasteiger partial charge in [0.05, 0.1) is 0 Å². The molecule has 0 saturated heterocycles. The summed E-state index contributed by atoms with van der Waals surface area (Å²) < 4.78 is 2.39. The highest BCUT2D eigenvalue weighted by molar-refractivity contribution is 5.80. The van der Waals surface area contributed by atoms with Crippen LogP contribution in [0.4, 0.5) is 0 Å². The van der Waals surface area contributed by atoms with Crippen molar-refractivity contribution >= 4 is 10.9 Å². The Morgan fingerprint density at radius 2 is 2.00 bits per heavy atom. The molecule has 1 fully saturated rings. The van der Waals surface area contributed by atoms with Gasteiger partial charge in [0, 0.05) is 30.8 Å². The summed E-state index contributed by atoms with van der Waals surface area (Å²) in [6, 6.07) is 9.91. The normalized spacial score (nSPS) is 15.9. The van der Waals surface area contributed by atoms with Crippen molar-refractivity contribution < 1.29 is 0 Å². The summed E-state index contributed by atoms with van der Waals surface area (Å²) in [4.78, 5) is 0. The smallest absolute Gasteiger partial charge is 0.0480 e. The average Bonchev–Trinajstić information content (AvgIpc) is 3.13. The Hall–Kier alpha value is -1.28. The largest absolute Gasteiger partial charge is 0.347 e. The van der Waals surface area contributed by atoms with Crippen LogP contribution in [0.25, 0.3) is 10.9 Å². The summed E-state index contributed by atoms with van der Waals surface area (Å²) in [5.74, 6) is 0. The first-order valence-corrected chi connectivity index (χ1v) is 7.82. The minimum Gasteiger partial charge on any atom is -0.347 e. The third kappa shape index (κ3) is 3.43. The second kappa shape index (κ2) is 5.25. The fraction of sp³-hybridized carbons (Fsp3) is 0.556. The Morgan fingerprint density at radius 1 is 1.20 bits per heavy atom. The first-order valence-electron chi connectivity index (χ1n) is 7.82. The molecule has 1 aromatic heterocycles. The van der Waals surface area contributed by atoms with Gasteiger partial charge in [-0.1, -0.05) is 26.8 Å². The van der Waals surface area contributed by atoms with Crippen molar-refractivity contribution in [2.75, 3.05) is 0 Å². The Labute approximate surface area is 122 Å². The van der Waals surface area contributed by atoms with Gasteiger partial charge in [0.2, 0.25) is 0 Å². The predicted molar refractivity (Wildman–Crippen MR) is 85.9 cm³/mol. The van der Waals surface area contributed by atoms with Crippen molar-refractivity contribution in [1.29, 1.82) is 0 Å². The second-order valence-corrected chi connectivity index (χ2v) is 7.37. The van der Waals surface area contributed by atoms with Gasteiger partial charge in [-0.2, -0.15) is 0 Å². The topological polar surface area (TPSA) is 17.0 Å². The van der Waals surface area contributed by atoms with E-state index in [2.05, 4.69) is 61.1 Å². The van der Waals surface area contributed by atoms with E-state index in [0.29, 0.717) is 5.41 Å². The molecular formula is C18H26N2. The summed E-state index contributed by atoms with van der Waals surface area (Å²) >= 11 is 0. The number of nitrogens with one attached hydrogen (secondary N) is 1. The van der Waals surface area contributed by atoms with Crippen LogP contribution in [0.5, 0.6) is 0 Å². The Morgan fingerprint density at radius 3 is 2.70 bits per heavy atom. The second-order valence-electron chi connectivity index (χ2n) is 7.37. The number of aromatic nitrogens is 1. The van der Waals surface area contributed by atoms with E-state index in [4.69, 9.17) is 0 Å². The molecule has 0 unspecified atom stereocenters. The molecule has 0 aliphatic heterocycles. The molecule has 1 N–H and O–H groups in total. The molecule has 1 aliphatic carbocycles. The molecule has 0 amide bonds. The van der Waals surface area contributed by atoms with Crippen LogP contribution >= 0.6 is 0 Å². The van der Waals surface area contributed by atoms with Crippen LogP contribution in [0, 0.1) is 5.41 Å². The highest BCUT2D eigenvalue weighted by Crippen LogP contribution is 2.24. The number of benzene rings is 1. The molecule has 20 heavy (non-hydrogen) atoms. The van der Waals surface area contributed by atoms with Gasteiger partial charge in [0.1, 0.15) is 0 Å². The lowest BCUT2D eigenvalue weighted by Crippen LogP contribution is -2.15. The summed E-state index contributed by atoms with van der Waals surface area (Å²) in [6.07, 6.45) is 6.15. The summed E-state index contributed by atoms with van der Waals surface area (Å²) in [5, 5.41) is 4.95. The van der Waals surface area contributed by atoms with Crippen LogP contribution < -0.4 is 5.32 Å². The average molecular weight is 270 g/mol. The van der Waals surface area contributed by atoms with E-state index in [0.717, 1.165) is 19.1 Å². The Balaban J connectivity index is 1.71. The van der Waals surface area contributed by atoms with Crippen molar-refractivity contribution in [3.05, 3.63) is 36.0 Å². The minimum absolute atomic E-state index is 0.394. The van der Waals surface area contributed by atoms with E-state index in [-0.39, 0.29) is 0 Å². The van der Waals surface area contributed by atoms with Gasteiger partial charge in [-0.3, -0.25) is 0 Å². The Bertz CT molecular complexity index is 585. The fourth-order valence-electron chi connectivity index (χ4n) is 2.56. The molecule has 1 aliphatic rings. The molecular weight excluding hydrogens is 244 g/mol. The van der Waals surface area contributed by atoms with Gasteiger partial charge < -0.3 is 9.88 Å². The zero-order valence-corrected chi connectivity index (χ0v) is 12.9. The quantitative estimate of drug-likeness (QED) is 0.855. The number of fused-ring (bicyclic) bond motifs is 1. The molecule has 2 nitrogen and oxygen atoms in total. The number of hydrogen-bond donors (Lipinski definition) is 1. The number of hydrogen-bond acceptors (Lipinski definition) is 1. The molecule has 0 atom stereocenters. The molecule has 1 heterocycles. The van der Waals surface area contributed by atoms with Crippen LogP contribution in [0.3, 0.4) is 0 Å². The molecule has 0 radical (unpaired) electrons.